The molecule has 1 unspecified atom stereocenters. The van der Waals surface area contributed by atoms with Crippen molar-refractivity contribution in [3.05, 3.63) is 11.6 Å². The van der Waals surface area contributed by atoms with Gasteiger partial charge in [-0.3, -0.25) is 0 Å². The Morgan fingerprint density at radius 1 is 1.50 bits per heavy atom. The van der Waals surface area contributed by atoms with E-state index < -0.39 is 0 Å². The Hall–Kier alpha value is -0.480. The number of carbonyl (C=O) groups excluding carboxylic acids is 1. The lowest BCUT2D eigenvalue weighted by Gasteiger charge is -2.31. The highest BCUT2D eigenvalue weighted by atomic mass is 32.2. The van der Waals surface area contributed by atoms with Crippen molar-refractivity contribution in [2.24, 2.45) is 5.92 Å². The number of nitrogens with one attached hydrogen (secondary N) is 1. The molecule has 0 aromatic heterocycles. The molecule has 4 heteroatoms. The molecule has 0 amide bonds. The van der Waals surface area contributed by atoms with Crippen LogP contribution in [0.3, 0.4) is 0 Å². The number of carbonyl (C=O) groups is 1. The summed E-state index contributed by atoms with van der Waals surface area (Å²) in [5.41, 5.74) is 0.851. The molecule has 16 heavy (non-hydrogen) atoms. The molecule has 1 fully saturated rings. The third kappa shape index (κ3) is 2.80. The standard InChI is InChI=1S/C12H19NO2S/c1-15-12(14)10-2-5-13-11(8-10)9-3-6-16-7-4-9/h8-9,11,13H,2-7H2,1H3. The van der Waals surface area contributed by atoms with Crippen molar-refractivity contribution in [3.63, 3.8) is 0 Å². The van der Waals surface area contributed by atoms with Crippen molar-refractivity contribution in [2.45, 2.75) is 25.3 Å². The summed E-state index contributed by atoms with van der Waals surface area (Å²) in [7, 11) is 1.46. The minimum Gasteiger partial charge on any atom is -0.466 e. The van der Waals surface area contributed by atoms with Crippen LogP contribution in [0.25, 0.3) is 0 Å². The van der Waals surface area contributed by atoms with Gasteiger partial charge in [-0.15, -0.1) is 0 Å². The number of esters is 1. The van der Waals surface area contributed by atoms with Crippen molar-refractivity contribution >= 4 is 17.7 Å². The number of methoxy groups -OCH3 is 1. The highest BCUT2D eigenvalue weighted by Crippen LogP contribution is 2.28. The Balaban J connectivity index is 2.01. The lowest BCUT2D eigenvalue weighted by Crippen LogP contribution is -2.40. The summed E-state index contributed by atoms with van der Waals surface area (Å²) in [4.78, 5) is 11.5. The van der Waals surface area contributed by atoms with E-state index in [1.165, 1.54) is 31.5 Å². The molecule has 0 aromatic rings. The van der Waals surface area contributed by atoms with E-state index in [9.17, 15) is 4.79 Å². The van der Waals surface area contributed by atoms with Crippen LogP contribution in [0.15, 0.2) is 11.6 Å². The Labute approximate surface area is 101 Å². The van der Waals surface area contributed by atoms with E-state index in [1.54, 1.807) is 0 Å². The number of hydrogen-bond donors (Lipinski definition) is 1. The molecule has 1 N–H and O–H groups in total. The van der Waals surface area contributed by atoms with Crippen LogP contribution in [0.4, 0.5) is 0 Å². The van der Waals surface area contributed by atoms with Gasteiger partial charge in [0.05, 0.1) is 7.11 Å². The van der Waals surface area contributed by atoms with E-state index in [2.05, 4.69) is 11.4 Å². The lowest BCUT2D eigenvalue weighted by molar-refractivity contribution is -0.136. The molecule has 1 saturated heterocycles. The summed E-state index contributed by atoms with van der Waals surface area (Å²) in [6.07, 6.45) is 5.40. The molecule has 2 aliphatic rings. The largest absolute Gasteiger partial charge is 0.466 e. The lowest BCUT2D eigenvalue weighted by atomic mass is 9.89. The first-order valence-corrected chi connectivity index (χ1v) is 7.07. The summed E-state index contributed by atoms with van der Waals surface area (Å²) in [5, 5.41) is 3.50. The van der Waals surface area contributed by atoms with Gasteiger partial charge in [0.1, 0.15) is 0 Å². The molecule has 0 radical (unpaired) electrons. The maximum atomic E-state index is 11.5. The van der Waals surface area contributed by atoms with E-state index in [1.807, 2.05) is 11.8 Å². The molecule has 1 atom stereocenters. The quantitative estimate of drug-likeness (QED) is 0.745. The number of thioether (sulfide) groups is 1. The fraction of sp³-hybridized carbons (Fsp3) is 0.750. The van der Waals surface area contributed by atoms with Crippen LogP contribution in [0, 0.1) is 5.92 Å². The summed E-state index contributed by atoms with van der Waals surface area (Å²) in [5.74, 6) is 3.05. The maximum absolute atomic E-state index is 11.5. The molecule has 2 heterocycles. The molecule has 90 valence electrons. The van der Waals surface area contributed by atoms with E-state index in [0.717, 1.165) is 18.5 Å². The molecule has 2 rings (SSSR count). The van der Waals surface area contributed by atoms with Crippen molar-refractivity contribution in [2.75, 3.05) is 25.2 Å². The fourth-order valence-electron chi connectivity index (χ4n) is 2.41. The summed E-state index contributed by atoms with van der Waals surface area (Å²) in [6.45, 7) is 0.898. The fourth-order valence-corrected chi connectivity index (χ4v) is 3.55. The van der Waals surface area contributed by atoms with Crippen LogP contribution >= 0.6 is 11.8 Å². The number of rotatable bonds is 2. The monoisotopic (exact) mass is 241 g/mol. The smallest absolute Gasteiger partial charge is 0.333 e. The zero-order valence-corrected chi connectivity index (χ0v) is 10.5. The van der Waals surface area contributed by atoms with Crippen LogP contribution in [0.2, 0.25) is 0 Å². The SMILES string of the molecule is COC(=O)C1=CC(C2CCSCC2)NCC1. The van der Waals surface area contributed by atoms with Crippen LogP contribution in [-0.4, -0.2) is 37.2 Å². The Kier molecular flexibility index (Phi) is 4.29. The van der Waals surface area contributed by atoms with Crippen molar-refractivity contribution in [3.8, 4) is 0 Å². The minimum atomic E-state index is -0.156. The first-order chi connectivity index (χ1) is 7.81. The van der Waals surface area contributed by atoms with Crippen LogP contribution < -0.4 is 5.32 Å². The van der Waals surface area contributed by atoms with E-state index in [0.29, 0.717) is 12.0 Å². The van der Waals surface area contributed by atoms with Crippen molar-refractivity contribution in [1.29, 1.82) is 0 Å². The molecule has 0 spiro atoms. The van der Waals surface area contributed by atoms with Gasteiger partial charge in [-0.1, -0.05) is 6.08 Å². The summed E-state index contributed by atoms with van der Waals surface area (Å²) >= 11 is 2.03. The maximum Gasteiger partial charge on any atom is 0.333 e. The zero-order valence-electron chi connectivity index (χ0n) is 9.70. The Bertz CT molecular complexity index is 285. The molecule has 3 nitrogen and oxygen atoms in total. The minimum absolute atomic E-state index is 0.156. The molecular weight excluding hydrogens is 222 g/mol. The van der Waals surface area contributed by atoms with Gasteiger partial charge in [-0.05, 0) is 43.2 Å². The second-order valence-corrected chi connectivity index (χ2v) is 5.59. The summed E-state index contributed by atoms with van der Waals surface area (Å²) < 4.78 is 4.79. The molecule has 0 aromatic carbocycles. The van der Waals surface area contributed by atoms with Gasteiger partial charge in [-0.25, -0.2) is 4.79 Å². The Morgan fingerprint density at radius 2 is 2.25 bits per heavy atom. The van der Waals surface area contributed by atoms with Crippen LogP contribution in [-0.2, 0) is 9.53 Å². The average Bonchev–Trinajstić information content (AvgIpc) is 2.39. The zero-order chi connectivity index (χ0) is 11.4. The second kappa shape index (κ2) is 5.73. The molecule has 0 bridgehead atoms. The predicted octanol–water partition coefficient (Wildman–Crippen LogP) is 1.59. The van der Waals surface area contributed by atoms with Gasteiger partial charge in [0.25, 0.3) is 0 Å². The highest BCUT2D eigenvalue weighted by Gasteiger charge is 2.26. The molecule has 2 aliphatic heterocycles. The Morgan fingerprint density at radius 3 is 2.94 bits per heavy atom. The van der Waals surface area contributed by atoms with Gasteiger partial charge < -0.3 is 10.1 Å². The average molecular weight is 241 g/mol. The third-order valence-electron chi connectivity index (χ3n) is 3.38. The summed E-state index contributed by atoms with van der Waals surface area (Å²) in [6, 6.07) is 0.378. The molecular formula is C12H19NO2S. The van der Waals surface area contributed by atoms with Crippen molar-refractivity contribution < 1.29 is 9.53 Å². The van der Waals surface area contributed by atoms with Gasteiger partial charge in [0.15, 0.2) is 0 Å². The van der Waals surface area contributed by atoms with Gasteiger partial charge in [-0.2, -0.15) is 11.8 Å². The topological polar surface area (TPSA) is 38.3 Å². The van der Waals surface area contributed by atoms with Gasteiger partial charge >= 0.3 is 5.97 Å². The van der Waals surface area contributed by atoms with Crippen LogP contribution in [0.1, 0.15) is 19.3 Å². The predicted molar refractivity (Wildman–Crippen MR) is 66.6 cm³/mol. The van der Waals surface area contributed by atoms with Crippen molar-refractivity contribution in [1.82, 2.24) is 5.32 Å². The van der Waals surface area contributed by atoms with Gasteiger partial charge in [0.2, 0.25) is 0 Å². The first-order valence-electron chi connectivity index (χ1n) is 5.91. The van der Waals surface area contributed by atoms with E-state index >= 15 is 0 Å². The highest BCUT2D eigenvalue weighted by molar-refractivity contribution is 7.99. The third-order valence-corrected chi connectivity index (χ3v) is 4.43. The second-order valence-electron chi connectivity index (χ2n) is 4.36. The number of hydrogen-bond acceptors (Lipinski definition) is 4. The number of ether oxygens (including phenoxy) is 1. The van der Waals surface area contributed by atoms with E-state index in [-0.39, 0.29) is 5.97 Å². The first kappa shape index (κ1) is 12.0. The molecule has 0 aliphatic carbocycles. The molecule has 0 saturated carbocycles. The van der Waals surface area contributed by atoms with E-state index in [4.69, 9.17) is 4.74 Å². The normalized spacial score (nSPS) is 27.3. The van der Waals surface area contributed by atoms with Crippen LogP contribution in [0.5, 0.6) is 0 Å². The van der Waals surface area contributed by atoms with Gasteiger partial charge in [0, 0.05) is 11.6 Å².